The first-order chi connectivity index (χ1) is 13.9. The molecule has 4 aliphatic rings. The normalized spacial score (nSPS) is 30.0. The summed E-state index contributed by atoms with van der Waals surface area (Å²) in [6.07, 6.45) is 5.08. The van der Waals surface area contributed by atoms with Crippen LogP contribution >= 0.6 is 0 Å². The van der Waals surface area contributed by atoms with Crippen LogP contribution in [0, 0.1) is 17.3 Å². The number of amides is 3. The Balaban J connectivity index is 1.47. The van der Waals surface area contributed by atoms with Crippen molar-refractivity contribution in [2.75, 3.05) is 19.5 Å². The molecule has 5 atom stereocenters. The second-order valence-electron chi connectivity index (χ2n) is 8.95. The molecule has 0 aromatic rings. The van der Waals surface area contributed by atoms with Crippen LogP contribution in [0.5, 0.6) is 0 Å². The van der Waals surface area contributed by atoms with Gasteiger partial charge in [-0.05, 0) is 55.9 Å². The zero-order valence-electron chi connectivity index (χ0n) is 17.3. The summed E-state index contributed by atoms with van der Waals surface area (Å²) in [5, 5.41) is 7.81. The van der Waals surface area contributed by atoms with E-state index in [1.54, 1.807) is 0 Å². The van der Waals surface area contributed by atoms with Crippen molar-refractivity contribution in [3.63, 3.8) is 0 Å². The average molecular weight is 408 g/mol. The summed E-state index contributed by atoms with van der Waals surface area (Å²) >= 11 is 0. The molecule has 1 saturated heterocycles. The van der Waals surface area contributed by atoms with Gasteiger partial charge in [-0.3, -0.25) is 14.4 Å². The van der Waals surface area contributed by atoms with E-state index in [9.17, 15) is 14.4 Å². The molecule has 5 unspecified atom stereocenters. The van der Waals surface area contributed by atoms with Gasteiger partial charge in [-0.15, -0.1) is 0 Å². The molecule has 1 heterocycles. The van der Waals surface area contributed by atoms with Gasteiger partial charge in [0, 0.05) is 0 Å². The van der Waals surface area contributed by atoms with Crippen LogP contribution in [0.2, 0.25) is 0 Å². The van der Waals surface area contributed by atoms with Crippen LogP contribution in [0.1, 0.15) is 46.0 Å². The molecule has 162 valence electrons. The monoisotopic (exact) mass is 408 g/mol. The van der Waals surface area contributed by atoms with E-state index in [1.165, 1.54) is 6.42 Å². The summed E-state index contributed by atoms with van der Waals surface area (Å²) in [6, 6.07) is -0.682. The third-order valence-corrected chi connectivity index (χ3v) is 6.85. The first kappa shape index (κ1) is 22.0. The Kier molecular flexibility index (Phi) is 7.18. The first-order valence-electron chi connectivity index (χ1n) is 10.6. The number of hydrogen-bond donors (Lipinski definition) is 4. The molecular weight excluding hydrogens is 375 g/mol. The molecule has 5 N–H and O–H groups in total. The van der Waals surface area contributed by atoms with Gasteiger partial charge in [0.15, 0.2) is 0 Å². The highest BCUT2D eigenvalue weighted by molar-refractivity contribution is 6.45. The number of hydrogen-bond acceptors (Lipinski definition) is 6. The highest BCUT2D eigenvalue weighted by Crippen LogP contribution is 2.61. The van der Waals surface area contributed by atoms with Crippen molar-refractivity contribution < 1.29 is 23.7 Å². The average Bonchev–Trinajstić information content (AvgIpc) is 3.12. The lowest BCUT2D eigenvalue weighted by molar-refractivity contribution is -0.150. The lowest BCUT2D eigenvalue weighted by Crippen LogP contribution is -2.59. The Hall–Kier alpha value is -1.65. The minimum Gasteiger partial charge on any atom is -0.405 e. The molecular formula is C19H33BN4O5. The third-order valence-electron chi connectivity index (χ3n) is 6.85. The maximum atomic E-state index is 12.6. The number of unbranched alkanes of at least 4 members (excludes halogenated alkanes) is 1. The van der Waals surface area contributed by atoms with Gasteiger partial charge in [0.25, 0.3) is 0 Å². The molecule has 4 fully saturated rings. The Morgan fingerprint density at radius 2 is 2.07 bits per heavy atom. The quantitative estimate of drug-likeness (QED) is 0.204. The van der Waals surface area contributed by atoms with Crippen LogP contribution in [-0.2, 0) is 23.7 Å². The standard InChI is InChI=1S/C19H33BN4O5/c1-19(2)12-7-13(19)17-15(8-12)28-20(29-17)10-23-18(27)14(5-3-4-6-21)24-16(26)9-22-11-25/h11-15,17H,3-10,21H2,1-2H3,(H,22,25)(H,23,27)(H,24,26). The lowest BCUT2D eigenvalue weighted by Gasteiger charge is -2.60. The van der Waals surface area contributed by atoms with E-state index < -0.39 is 19.1 Å². The fourth-order valence-electron chi connectivity index (χ4n) is 4.95. The molecule has 3 amide bonds. The van der Waals surface area contributed by atoms with Gasteiger partial charge < -0.3 is 31.0 Å². The second kappa shape index (κ2) is 9.44. The summed E-state index contributed by atoms with van der Waals surface area (Å²) in [7, 11) is -0.457. The van der Waals surface area contributed by atoms with Crippen molar-refractivity contribution in [3.05, 3.63) is 0 Å². The van der Waals surface area contributed by atoms with Gasteiger partial charge >= 0.3 is 7.12 Å². The van der Waals surface area contributed by atoms with Crippen LogP contribution in [0.4, 0.5) is 0 Å². The van der Waals surface area contributed by atoms with Gasteiger partial charge in [0.2, 0.25) is 18.2 Å². The van der Waals surface area contributed by atoms with Crippen molar-refractivity contribution in [3.8, 4) is 0 Å². The van der Waals surface area contributed by atoms with Crippen molar-refractivity contribution in [2.45, 2.75) is 64.2 Å². The molecule has 0 radical (unpaired) electrons. The number of rotatable bonds is 11. The van der Waals surface area contributed by atoms with Crippen LogP contribution < -0.4 is 21.7 Å². The maximum Gasteiger partial charge on any atom is 0.478 e. The molecule has 3 aliphatic carbocycles. The van der Waals surface area contributed by atoms with Gasteiger partial charge in [0.05, 0.1) is 25.2 Å². The largest absolute Gasteiger partial charge is 0.478 e. The molecule has 0 spiro atoms. The van der Waals surface area contributed by atoms with Crippen LogP contribution in [0.3, 0.4) is 0 Å². The molecule has 0 aromatic carbocycles. The van der Waals surface area contributed by atoms with Gasteiger partial charge in [-0.1, -0.05) is 13.8 Å². The summed E-state index contributed by atoms with van der Waals surface area (Å²) in [4.78, 5) is 34.9. The maximum absolute atomic E-state index is 12.6. The van der Waals surface area contributed by atoms with Crippen LogP contribution in [0.25, 0.3) is 0 Å². The predicted molar refractivity (Wildman–Crippen MR) is 107 cm³/mol. The smallest absolute Gasteiger partial charge is 0.405 e. The van der Waals surface area contributed by atoms with Gasteiger partial charge in [-0.2, -0.15) is 0 Å². The van der Waals surface area contributed by atoms with E-state index >= 15 is 0 Å². The molecule has 3 saturated carbocycles. The second-order valence-corrected chi connectivity index (χ2v) is 8.95. The molecule has 0 aromatic heterocycles. The number of nitrogens with two attached hydrogens (primary N) is 1. The fourth-order valence-corrected chi connectivity index (χ4v) is 4.95. The zero-order valence-corrected chi connectivity index (χ0v) is 17.3. The van der Waals surface area contributed by atoms with Crippen molar-refractivity contribution in [1.29, 1.82) is 0 Å². The van der Waals surface area contributed by atoms with Crippen LogP contribution in [0.15, 0.2) is 0 Å². The van der Waals surface area contributed by atoms with Crippen molar-refractivity contribution in [1.82, 2.24) is 16.0 Å². The molecule has 1 aliphatic heterocycles. The minimum atomic E-state index is -0.682. The predicted octanol–water partition coefficient (Wildman–Crippen LogP) is -0.660. The number of nitrogens with one attached hydrogen (secondary N) is 3. The Morgan fingerprint density at radius 1 is 1.28 bits per heavy atom. The van der Waals surface area contributed by atoms with Gasteiger partial charge in [-0.25, -0.2) is 0 Å². The summed E-state index contributed by atoms with van der Waals surface area (Å²) in [5.74, 6) is 0.507. The van der Waals surface area contributed by atoms with E-state index in [2.05, 4.69) is 29.8 Å². The highest BCUT2D eigenvalue weighted by Gasteiger charge is 2.61. The van der Waals surface area contributed by atoms with Crippen molar-refractivity contribution in [2.24, 2.45) is 23.0 Å². The van der Waals surface area contributed by atoms with E-state index in [1.807, 2.05) is 0 Å². The zero-order chi connectivity index (χ0) is 21.0. The highest BCUT2D eigenvalue weighted by atomic mass is 16.7. The summed E-state index contributed by atoms with van der Waals surface area (Å²) < 4.78 is 12.2. The van der Waals surface area contributed by atoms with E-state index in [0.717, 1.165) is 12.8 Å². The molecule has 29 heavy (non-hydrogen) atoms. The Morgan fingerprint density at radius 3 is 2.76 bits per heavy atom. The lowest BCUT2D eigenvalue weighted by atomic mass is 9.47. The van der Waals surface area contributed by atoms with Gasteiger partial charge in [0.1, 0.15) is 6.04 Å². The minimum absolute atomic E-state index is 0.103. The summed E-state index contributed by atoms with van der Waals surface area (Å²) in [6.45, 7) is 4.96. The molecule has 9 nitrogen and oxygen atoms in total. The SMILES string of the molecule is CC1(C)C2CC3OB(CNC(=O)C(CCCCN)NC(=O)CNC=O)OC3C1C2. The Labute approximate surface area is 172 Å². The molecule has 4 rings (SSSR count). The Bertz CT molecular complexity index is 619. The summed E-state index contributed by atoms with van der Waals surface area (Å²) in [5.41, 5.74) is 5.82. The van der Waals surface area contributed by atoms with Crippen LogP contribution in [-0.4, -0.2) is 63.1 Å². The molecule has 2 bridgehead atoms. The van der Waals surface area contributed by atoms with Crippen molar-refractivity contribution >= 4 is 25.3 Å². The number of carbonyl (C=O) groups excluding carboxylic acids is 3. The first-order valence-corrected chi connectivity index (χ1v) is 10.6. The van der Waals surface area contributed by atoms with E-state index in [0.29, 0.717) is 43.0 Å². The topological polar surface area (TPSA) is 132 Å². The van der Waals surface area contributed by atoms with E-state index in [4.69, 9.17) is 15.0 Å². The third kappa shape index (κ3) is 4.92. The molecule has 10 heteroatoms. The number of carbonyl (C=O) groups is 3. The van der Waals surface area contributed by atoms with E-state index in [-0.39, 0.29) is 31.1 Å². The fraction of sp³-hybridized carbons (Fsp3) is 0.842.